The van der Waals surface area contributed by atoms with Gasteiger partial charge in [0.05, 0.1) is 0 Å². The van der Waals surface area contributed by atoms with Crippen LogP contribution in [0.3, 0.4) is 0 Å². The molecule has 0 atom stereocenters. The lowest BCUT2D eigenvalue weighted by atomic mass is 10.1. The summed E-state index contributed by atoms with van der Waals surface area (Å²) in [5.41, 5.74) is 3.47. The molecule has 3 aromatic carbocycles. The highest BCUT2D eigenvalue weighted by Crippen LogP contribution is 2.15. The molecule has 4 heteroatoms. The quantitative estimate of drug-likeness (QED) is 0.317. The summed E-state index contributed by atoms with van der Waals surface area (Å²) in [6, 6.07) is 28.3. The number of benzene rings is 3. The summed E-state index contributed by atoms with van der Waals surface area (Å²) in [5.74, 6) is 0. The summed E-state index contributed by atoms with van der Waals surface area (Å²) >= 11 is 5.96. The lowest BCUT2D eigenvalue weighted by Gasteiger charge is -2.23. The summed E-state index contributed by atoms with van der Waals surface area (Å²) in [4.78, 5) is 14.9. The van der Waals surface area contributed by atoms with Gasteiger partial charge in [0.1, 0.15) is 0 Å². The zero-order valence-corrected chi connectivity index (χ0v) is 18.7. The Hall–Kier alpha value is -2.78. The first-order valence-corrected chi connectivity index (χ1v) is 11.5. The largest absolute Gasteiger partial charge is 0.325 e. The molecule has 0 fully saturated rings. The SMILES string of the molecule is O=C(Nc1ccc(Cl)cc1)N(CCCCc1ccccc1)CCCCc1ccccc1. The molecule has 1 N–H and O–H groups in total. The number of aryl methyl sites for hydroxylation is 2. The van der Waals surface area contributed by atoms with Gasteiger partial charge < -0.3 is 10.2 Å². The van der Waals surface area contributed by atoms with Gasteiger partial charge in [0, 0.05) is 23.8 Å². The van der Waals surface area contributed by atoms with E-state index in [1.54, 1.807) is 12.1 Å². The van der Waals surface area contributed by atoms with E-state index in [2.05, 4.69) is 53.8 Å². The molecule has 3 rings (SSSR count). The monoisotopic (exact) mass is 434 g/mol. The highest BCUT2D eigenvalue weighted by molar-refractivity contribution is 6.30. The highest BCUT2D eigenvalue weighted by atomic mass is 35.5. The average molecular weight is 435 g/mol. The smallest absolute Gasteiger partial charge is 0.321 e. The molecule has 0 saturated heterocycles. The molecule has 31 heavy (non-hydrogen) atoms. The van der Waals surface area contributed by atoms with Gasteiger partial charge in [-0.1, -0.05) is 72.3 Å². The van der Waals surface area contributed by atoms with Crippen LogP contribution in [0.5, 0.6) is 0 Å². The number of carbonyl (C=O) groups excluding carboxylic acids is 1. The van der Waals surface area contributed by atoms with Crippen molar-refractivity contribution < 1.29 is 4.79 Å². The first-order valence-electron chi connectivity index (χ1n) is 11.1. The molecule has 162 valence electrons. The Kier molecular flexibility index (Phi) is 9.46. The number of nitrogens with zero attached hydrogens (tertiary/aromatic N) is 1. The minimum Gasteiger partial charge on any atom is -0.325 e. The fourth-order valence-corrected chi connectivity index (χ4v) is 3.73. The molecule has 0 bridgehead atoms. The zero-order valence-electron chi connectivity index (χ0n) is 18.0. The fraction of sp³-hybridized carbons (Fsp3) is 0.296. The van der Waals surface area contributed by atoms with Gasteiger partial charge in [-0.3, -0.25) is 0 Å². The molecule has 0 aliphatic heterocycles. The Morgan fingerprint density at radius 1 is 0.677 bits per heavy atom. The molecule has 0 spiro atoms. The van der Waals surface area contributed by atoms with Crippen molar-refractivity contribution in [1.29, 1.82) is 0 Å². The zero-order chi connectivity index (χ0) is 21.7. The summed E-state index contributed by atoms with van der Waals surface area (Å²) in [7, 11) is 0. The molecule has 0 aliphatic carbocycles. The second kappa shape index (κ2) is 12.8. The second-order valence-electron chi connectivity index (χ2n) is 7.81. The van der Waals surface area contributed by atoms with Crippen molar-refractivity contribution in [2.75, 3.05) is 18.4 Å². The van der Waals surface area contributed by atoms with Gasteiger partial charge in [-0.05, 0) is 73.9 Å². The van der Waals surface area contributed by atoms with E-state index in [4.69, 9.17) is 11.6 Å². The lowest BCUT2D eigenvalue weighted by Crippen LogP contribution is -2.36. The number of amides is 2. The predicted molar refractivity (Wildman–Crippen MR) is 131 cm³/mol. The number of rotatable bonds is 11. The van der Waals surface area contributed by atoms with Crippen LogP contribution in [0.2, 0.25) is 5.02 Å². The van der Waals surface area contributed by atoms with Gasteiger partial charge >= 0.3 is 6.03 Å². The van der Waals surface area contributed by atoms with E-state index >= 15 is 0 Å². The number of halogens is 1. The number of carbonyl (C=O) groups is 1. The molecule has 0 saturated carbocycles. The van der Waals surface area contributed by atoms with Gasteiger partial charge in [-0.25, -0.2) is 4.79 Å². The molecule has 0 unspecified atom stereocenters. The van der Waals surface area contributed by atoms with Gasteiger partial charge in [0.15, 0.2) is 0 Å². The Labute approximate surface area is 191 Å². The van der Waals surface area contributed by atoms with E-state index in [1.807, 2.05) is 29.2 Å². The Morgan fingerprint density at radius 3 is 1.65 bits per heavy atom. The summed E-state index contributed by atoms with van der Waals surface area (Å²) < 4.78 is 0. The topological polar surface area (TPSA) is 32.3 Å². The standard InChI is InChI=1S/C27H31ClN2O/c28-25-17-19-26(20-18-25)29-27(31)30(21-9-7-15-23-11-3-1-4-12-23)22-10-8-16-24-13-5-2-6-14-24/h1-6,11-14,17-20H,7-10,15-16,21-22H2,(H,29,31). The third-order valence-electron chi connectivity index (χ3n) is 5.36. The van der Waals surface area contributed by atoms with E-state index in [0.29, 0.717) is 5.02 Å². The first-order chi connectivity index (χ1) is 15.2. The number of hydrogen-bond donors (Lipinski definition) is 1. The van der Waals surface area contributed by atoms with Gasteiger partial charge in [-0.15, -0.1) is 0 Å². The Balaban J connectivity index is 1.49. The first kappa shape index (κ1) is 22.9. The number of nitrogens with one attached hydrogen (secondary N) is 1. The van der Waals surface area contributed by atoms with Crippen LogP contribution in [0.1, 0.15) is 36.8 Å². The second-order valence-corrected chi connectivity index (χ2v) is 8.25. The maximum absolute atomic E-state index is 12.9. The molecule has 3 aromatic rings. The van der Waals surface area contributed by atoms with Crippen molar-refractivity contribution in [3.63, 3.8) is 0 Å². The molecule has 0 aliphatic rings. The molecular formula is C27H31ClN2O. The Bertz CT molecular complexity index is 850. The van der Waals surface area contributed by atoms with Crippen molar-refractivity contribution in [2.45, 2.75) is 38.5 Å². The molecular weight excluding hydrogens is 404 g/mol. The van der Waals surface area contributed by atoms with Crippen molar-refractivity contribution >= 4 is 23.3 Å². The van der Waals surface area contributed by atoms with E-state index in [1.165, 1.54) is 11.1 Å². The number of unbranched alkanes of at least 4 members (excludes halogenated alkanes) is 2. The van der Waals surface area contributed by atoms with E-state index in [0.717, 1.165) is 57.3 Å². The molecule has 2 amide bonds. The van der Waals surface area contributed by atoms with Crippen molar-refractivity contribution in [2.24, 2.45) is 0 Å². The number of anilines is 1. The van der Waals surface area contributed by atoms with E-state index in [9.17, 15) is 4.79 Å². The molecule has 0 radical (unpaired) electrons. The maximum Gasteiger partial charge on any atom is 0.321 e. The molecule has 0 heterocycles. The van der Waals surface area contributed by atoms with Gasteiger partial charge in [-0.2, -0.15) is 0 Å². The third kappa shape index (κ3) is 8.47. The van der Waals surface area contributed by atoms with Crippen LogP contribution in [0.4, 0.5) is 10.5 Å². The van der Waals surface area contributed by atoms with E-state index < -0.39 is 0 Å². The summed E-state index contributed by atoms with van der Waals surface area (Å²) in [6.07, 6.45) is 6.20. The van der Waals surface area contributed by atoms with Crippen LogP contribution in [0.15, 0.2) is 84.9 Å². The molecule has 3 nitrogen and oxygen atoms in total. The van der Waals surface area contributed by atoms with Crippen molar-refractivity contribution in [1.82, 2.24) is 4.90 Å². The third-order valence-corrected chi connectivity index (χ3v) is 5.61. The van der Waals surface area contributed by atoms with E-state index in [-0.39, 0.29) is 6.03 Å². The number of urea groups is 1. The van der Waals surface area contributed by atoms with Crippen molar-refractivity contribution in [3.05, 3.63) is 101 Å². The van der Waals surface area contributed by atoms with Crippen LogP contribution in [-0.4, -0.2) is 24.0 Å². The van der Waals surface area contributed by atoms with Crippen LogP contribution in [0.25, 0.3) is 0 Å². The van der Waals surface area contributed by atoms with Crippen LogP contribution < -0.4 is 5.32 Å². The Morgan fingerprint density at radius 2 is 1.16 bits per heavy atom. The fourth-order valence-electron chi connectivity index (χ4n) is 3.60. The lowest BCUT2D eigenvalue weighted by molar-refractivity contribution is 0.209. The minimum absolute atomic E-state index is 0.0401. The summed E-state index contributed by atoms with van der Waals surface area (Å²) in [6.45, 7) is 1.52. The van der Waals surface area contributed by atoms with Gasteiger partial charge in [0.25, 0.3) is 0 Å². The van der Waals surface area contributed by atoms with Crippen LogP contribution >= 0.6 is 11.6 Å². The number of hydrogen-bond acceptors (Lipinski definition) is 1. The van der Waals surface area contributed by atoms with Crippen molar-refractivity contribution in [3.8, 4) is 0 Å². The summed E-state index contributed by atoms with van der Waals surface area (Å²) in [5, 5.41) is 3.68. The van der Waals surface area contributed by atoms with Crippen LogP contribution in [-0.2, 0) is 12.8 Å². The highest BCUT2D eigenvalue weighted by Gasteiger charge is 2.13. The maximum atomic E-state index is 12.9. The normalized spacial score (nSPS) is 10.6. The van der Waals surface area contributed by atoms with Gasteiger partial charge in [0.2, 0.25) is 0 Å². The minimum atomic E-state index is -0.0401. The average Bonchev–Trinajstić information content (AvgIpc) is 2.81. The molecule has 0 aromatic heterocycles. The van der Waals surface area contributed by atoms with Crippen LogP contribution in [0, 0.1) is 0 Å². The predicted octanol–water partition coefficient (Wildman–Crippen LogP) is 7.22.